The second kappa shape index (κ2) is 7.24. The van der Waals surface area contributed by atoms with Crippen LogP contribution in [-0.4, -0.2) is 49.3 Å². The van der Waals surface area contributed by atoms with Gasteiger partial charge in [0.1, 0.15) is 6.10 Å². The number of nitrogens with one attached hydrogen (secondary N) is 2. The number of carbonyl (C=O) groups is 2. The summed E-state index contributed by atoms with van der Waals surface area (Å²) in [6.07, 6.45) is 0.819. The van der Waals surface area contributed by atoms with Crippen LogP contribution >= 0.6 is 0 Å². The Morgan fingerprint density at radius 3 is 2.94 bits per heavy atom. The molecule has 0 radical (unpaired) electrons. The van der Waals surface area contributed by atoms with Crippen molar-refractivity contribution >= 4 is 11.9 Å². The lowest BCUT2D eigenvalue weighted by Gasteiger charge is -2.22. The lowest BCUT2D eigenvalue weighted by molar-refractivity contribution is -0.141. The number of rotatable bonds is 6. The molecule has 3 N–H and O–H groups in total. The topological polar surface area (TPSA) is 87.7 Å². The monoisotopic (exact) mass is 244 g/mol. The van der Waals surface area contributed by atoms with E-state index in [0.29, 0.717) is 32.5 Å². The van der Waals surface area contributed by atoms with Gasteiger partial charge in [0.25, 0.3) is 0 Å². The minimum Gasteiger partial charge on any atom is -0.481 e. The third-order valence-corrected chi connectivity index (χ3v) is 2.75. The Bertz CT molecular complexity index is 264. The van der Waals surface area contributed by atoms with Crippen LogP contribution in [0, 0.1) is 5.92 Å². The molecule has 0 aromatic carbocycles. The van der Waals surface area contributed by atoms with Crippen LogP contribution in [0.2, 0.25) is 0 Å². The summed E-state index contributed by atoms with van der Waals surface area (Å²) in [7, 11) is 0. The van der Waals surface area contributed by atoms with Gasteiger partial charge in [-0.2, -0.15) is 0 Å². The van der Waals surface area contributed by atoms with Gasteiger partial charge in [-0.15, -0.1) is 0 Å². The number of amides is 1. The maximum atomic E-state index is 11.6. The first-order valence-corrected chi connectivity index (χ1v) is 5.94. The lowest BCUT2D eigenvalue weighted by atomic mass is 10.1. The summed E-state index contributed by atoms with van der Waals surface area (Å²) in [6.45, 7) is 4.03. The molecule has 6 heteroatoms. The predicted octanol–water partition coefficient (Wildman–Crippen LogP) is -0.408. The smallest absolute Gasteiger partial charge is 0.306 e. The molecule has 1 rings (SSSR count). The summed E-state index contributed by atoms with van der Waals surface area (Å²) in [6, 6.07) is 0. The molecule has 98 valence electrons. The van der Waals surface area contributed by atoms with Gasteiger partial charge < -0.3 is 20.5 Å². The second-order valence-electron chi connectivity index (χ2n) is 4.24. The first-order valence-electron chi connectivity index (χ1n) is 5.94. The van der Waals surface area contributed by atoms with Gasteiger partial charge in [0, 0.05) is 19.6 Å². The van der Waals surface area contributed by atoms with E-state index in [0.717, 1.165) is 6.54 Å². The van der Waals surface area contributed by atoms with E-state index in [4.69, 9.17) is 9.84 Å². The van der Waals surface area contributed by atoms with E-state index in [1.165, 1.54) is 0 Å². The standard InChI is InChI=1S/C11H20N2O4/c1-8(11(15)16)3-2-4-13-10(14)9-7-12-5-6-17-9/h8-9,12H,2-7H2,1H3,(H,13,14)(H,15,16). The summed E-state index contributed by atoms with van der Waals surface area (Å²) in [5.41, 5.74) is 0. The van der Waals surface area contributed by atoms with Gasteiger partial charge in [0.05, 0.1) is 12.5 Å². The molecule has 2 unspecified atom stereocenters. The molecule has 1 aliphatic heterocycles. The van der Waals surface area contributed by atoms with Gasteiger partial charge in [-0.05, 0) is 12.8 Å². The molecule has 0 saturated carbocycles. The lowest BCUT2D eigenvalue weighted by Crippen LogP contribution is -2.48. The molecular weight excluding hydrogens is 224 g/mol. The zero-order chi connectivity index (χ0) is 12.7. The Kier molecular flexibility index (Phi) is 5.93. The van der Waals surface area contributed by atoms with Crippen LogP contribution in [0.15, 0.2) is 0 Å². The SMILES string of the molecule is CC(CCCNC(=O)C1CNCCO1)C(=O)O. The van der Waals surface area contributed by atoms with Crippen LogP contribution in [0.1, 0.15) is 19.8 Å². The largest absolute Gasteiger partial charge is 0.481 e. The summed E-state index contributed by atoms with van der Waals surface area (Å²) in [4.78, 5) is 22.1. The Balaban J connectivity index is 2.09. The number of hydrogen-bond donors (Lipinski definition) is 3. The Labute approximate surface area is 101 Å². The van der Waals surface area contributed by atoms with E-state index in [1.54, 1.807) is 6.92 Å². The fourth-order valence-electron chi connectivity index (χ4n) is 1.59. The van der Waals surface area contributed by atoms with Crippen LogP contribution in [0.5, 0.6) is 0 Å². The van der Waals surface area contributed by atoms with Crippen molar-refractivity contribution in [3.8, 4) is 0 Å². The molecule has 0 aromatic heterocycles. The summed E-state index contributed by atoms with van der Waals surface area (Å²) in [5, 5.41) is 14.5. The van der Waals surface area contributed by atoms with Crippen LogP contribution in [0.4, 0.5) is 0 Å². The zero-order valence-electron chi connectivity index (χ0n) is 10.1. The van der Waals surface area contributed by atoms with Crippen molar-refractivity contribution in [3.63, 3.8) is 0 Å². The van der Waals surface area contributed by atoms with E-state index in [9.17, 15) is 9.59 Å². The zero-order valence-corrected chi connectivity index (χ0v) is 10.1. The number of carbonyl (C=O) groups excluding carboxylic acids is 1. The van der Waals surface area contributed by atoms with Crippen LogP contribution in [0.25, 0.3) is 0 Å². The number of aliphatic carboxylic acids is 1. The third-order valence-electron chi connectivity index (χ3n) is 2.75. The van der Waals surface area contributed by atoms with Crippen LogP contribution in [0.3, 0.4) is 0 Å². The highest BCUT2D eigenvalue weighted by Crippen LogP contribution is 2.04. The molecule has 1 heterocycles. The van der Waals surface area contributed by atoms with Crippen LogP contribution < -0.4 is 10.6 Å². The number of morpholine rings is 1. The second-order valence-corrected chi connectivity index (χ2v) is 4.24. The highest BCUT2D eigenvalue weighted by atomic mass is 16.5. The van der Waals surface area contributed by atoms with E-state index in [1.807, 2.05) is 0 Å². The molecule has 1 saturated heterocycles. The van der Waals surface area contributed by atoms with Crippen LogP contribution in [-0.2, 0) is 14.3 Å². The molecule has 1 fully saturated rings. The number of carboxylic acids is 1. The fourth-order valence-corrected chi connectivity index (χ4v) is 1.59. The molecule has 0 spiro atoms. The third kappa shape index (κ3) is 5.14. The van der Waals surface area contributed by atoms with Gasteiger partial charge >= 0.3 is 5.97 Å². The number of carboxylic acid groups (broad SMARTS) is 1. The first-order chi connectivity index (χ1) is 8.11. The molecule has 0 aromatic rings. The van der Waals surface area contributed by atoms with E-state index < -0.39 is 12.1 Å². The predicted molar refractivity (Wildman–Crippen MR) is 61.7 cm³/mol. The minimum atomic E-state index is -0.795. The summed E-state index contributed by atoms with van der Waals surface area (Å²) >= 11 is 0. The summed E-state index contributed by atoms with van der Waals surface area (Å²) < 4.78 is 5.29. The van der Waals surface area contributed by atoms with Crippen molar-refractivity contribution in [2.75, 3.05) is 26.2 Å². The maximum absolute atomic E-state index is 11.6. The number of ether oxygens (including phenoxy) is 1. The fraction of sp³-hybridized carbons (Fsp3) is 0.818. The molecule has 0 aliphatic carbocycles. The van der Waals surface area contributed by atoms with Crippen molar-refractivity contribution in [1.82, 2.24) is 10.6 Å². The average Bonchev–Trinajstić information content (AvgIpc) is 2.35. The highest BCUT2D eigenvalue weighted by Gasteiger charge is 2.21. The van der Waals surface area contributed by atoms with E-state index >= 15 is 0 Å². The highest BCUT2D eigenvalue weighted by molar-refractivity contribution is 5.81. The minimum absolute atomic E-state index is 0.125. The molecule has 2 atom stereocenters. The van der Waals surface area contributed by atoms with Crippen molar-refractivity contribution in [3.05, 3.63) is 0 Å². The molecule has 17 heavy (non-hydrogen) atoms. The van der Waals surface area contributed by atoms with Gasteiger partial charge in [0.15, 0.2) is 0 Å². The summed E-state index contributed by atoms with van der Waals surface area (Å²) in [5.74, 6) is -1.28. The van der Waals surface area contributed by atoms with Crippen molar-refractivity contribution < 1.29 is 19.4 Å². The molecule has 0 bridgehead atoms. The van der Waals surface area contributed by atoms with Gasteiger partial charge in [-0.1, -0.05) is 6.92 Å². The normalized spacial score (nSPS) is 21.8. The van der Waals surface area contributed by atoms with Crippen molar-refractivity contribution in [2.24, 2.45) is 5.92 Å². The van der Waals surface area contributed by atoms with Gasteiger partial charge in [-0.25, -0.2) is 0 Å². The molecular formula is C11H20N2O4. The average molecular weight is 244 g/mol. The number of hydrogen-bond acceptors (Lipinski definition) is 4. The van der Waals surface area contributed by atoms with Crippen molar-refractivity contribution in [2.45, 2.75) is 25.9 Å². The first kappa shape index (κ1) is 13.9. The van der Waals surface area contributed by atoms with Crippen molar-refractivity contribution in [1.29, 1.82) is 0 Å². The Morgan fingerprint density at radius 2 is 2.35 bits per heavy atom. The van der Waals surface area contributed by atoms with E-state index in [-0.39, 0.29) is 11.8 Å². The van der Waals surface area contributed by atoms with Gasteiger partial charge in [-0.3, -0.25) is 9.59 Å². The Morgan fingerprint density at radius 1 is 1.59 bits per heavy atom. The quantitative estimate of drug-likeness (QED) is 0.553. The maximum Gasteiger partial charge on any atom is 0.306 e. The van der Waals surface area contributed by atoms with E-state index in [2.05, 4.69) is 10.6 Å². The molecule has 6 nitrogen and oxygen atoms in total. The molecule has 1 aliphatic rings. The Hall–Kier alpha value is -1.14. The molecule has 1 amide bonds. The van der Waals surface area contributed by atoms with Gasteiger partial charge in [0.2, 0.25) is 5.91 Å².